The molecule has 12 heavy (non-hydrogen) atoms. The van der Waals surface area contributed by atoms with Gasteiger partial charge in [0.1, 0.15) is 0 Å². The fraction of sp³-hybridized carbons (Fsp3) is 0.625. The van der Waals surface area contributed by atoms with Gasteiger partial charge in [0.2, 0.25) is 0 Å². The summed E-state index contributed by atoms with van der Waals surface area (Å²) >= 11 is 0. The molecule has 0 aromatic rings. The summed E-state index contributed by atoms with van der Waals surface area (Å²) in [7, 11) is -1.12. The van der Waals surface area contributed by atoms with Crippen LogP contribution in [0.5, 0.6) is 0 Å². The van der Waals surface area contributed by atoms with Crippen LogP contribution in [0.3, 0.4) is 0 Å². The second-order valence-electron chi connectivity index (χ2n) is 3.75. The van der Waals surface area contributed by atoms with E-state index in [0.717, 1.165) is 12.1 Å². The van der Waals surface area contributed by atoms with Gasteiger partial charge in [-0.2, -0.15) is 0 Å². The molecule has 0 aromatic heterocycles. The van der Waals surface area contributed by atoms with Crippen LogP contribution in [0.2, 0.25) is 25.7 Å². The van der Waals surface area contributed by atoms with Crippen molar-refractivity contribution < 1.29 is 9.53 Å². The average Bonchev–Trinajstić information content (AvgIpc) is 1.84. The van der Waals surface area contributed by atoms with Crippen molar-refractivity contribution in [2.45, 2.75) is 25.7 Å². The number of rotatable bonds is 4. The zero-order valence-electron chi connectivity index (χ0n) is 7.76. The van der Waals surface area contributed by atoms with Gasteiger partial charge >= 0.3 is 5.97 Å². The van der Waals surface area contributed by atoms with Crippen molar-refractivity contribution in [3.8, 4) is 0 Å². The maximum Gasteiger partial charge on any atom is 0.336 e. The fourth-order valence-electron chi connectivity index (χ4n) is 0.552. The molecule has 0 aliphatic heterocycles. The lowest BCUT2D eigenvalue weighted by atomic mass is 10.6. The second kappa shape index (κ2) is 4.90. The highest BCUT2D eigenvalue weighted by Crippen LogP contribution is 2.07. The van der Waals surface area contributed by atoms with E-state index in [4.69, 9.17) is 10.1 Å². The van der Waals surface area contributed by atoms with Crippen molar-refractivity contribution in [1.29, 1.82) is 0 Å². The van der Waals surface area contributed by atoms with E-state index in [1.807, 2.05) is 0 Å². The Morgan fingerprint density at radius 1 is 1.58 bits per heavy atom. The molecule has 0 rings (SSSR count). The van der Waals surface area contributed by atoms with Gasteiger partial charge < -0.3 is 10.1 Å². The predicted octanol–water partition coefficient (Wildman–Crippen LogP) is 1.66. The second-order valence-corrected chi connectivity index (χ2v) is 9.37. The van der Waals surface area contributed by atoms with E-state index in [1.54, 1.807) is 5.87 Å². The lowest BCUT2D eigenvalue weighted by Crippen LogP contribution is -2.22. The molecule has 0 aromatic carbocycles. The molecule has 0 radical (unpaired) electrons. The first-order valence-corrected chi connectivity index (χ1v) is 7.56. The number of hydrogen-bond donors (Lipinski definition) is 0. The summed E-state index contributed by atoms with van der Waals surface area (Å²) in [6.45, 7) is 7.05. The lowest BCUT2D eigenvalue weighted by Gasteiger charge is -2.14. The molecule has 0 heterocycles. The molecule has 0 saturated heterocycles. The van der Waals surface area contributed by atoms with Crippen molar-refractivity contribution in [2.24, 2.45) is 0 Å². The highest BCUT2D eigenvalue weighted by molar-refractivity contribution is 6.76. The molecule has 0 spiro atoms. The number of ether oxygens (including phenoxy) is 1. The zero-order valence-corrected chi connectivity index (χ0v) is 8.76. The minimum absolute atomic E-state index is 0.437. The van der Waals surface area contributed by atoms with Gasteiger partial charge in [0.05, 0.1) is 6.61 Å². The summed E-state index contributed by atoms with van der Waals surface area (Å²) in [5.74, 6) is 1.10. The minimum Gasteiger partial charge on any atom is -0.763 e. The zero-order chi connectivity index (χ0) is 9.61. The number of carbonyl (C=O) groups is 1. The Balaban J connectivity index is 3.57. The largest absolute Gasteiger partial charge is 0.763 e. The molecule has 0 aliphatic carbocycles. The molecular weight excluding hydrogens is 170 g/mol. The van der Waals surface area contributed by atoms with E-state index in [9.17, 15) is 4.79 Å². The molecule has 0 bridgehead atoms. The lowest BCUT2D eigenvalue weighted by molar-refractivity contribution is -0.137. The van der Waals surface area contributed by atoms with Crippen molar-refractivity contribution >= 4 is 19.9 Å². The van der Waals surface area contributed by atoms with Crippen LogP contribution in [0.4, 0.5) is 0 Å². The molecule has 0 fully saturated rings. The molecule has 0 atom stereocenters. The third-order valence-corrected chi connectivity index (χ3v) is 2.98. The van der Waals surface area contributed by atoms with Crippen molar-refractivity contribution in [3.63, 3.8) is 0 Å². The van der Waals surface area contributed by atoms with Crippen molar-refractivity contribution in [2.75, 3.05) is 6.61 Å². The summed E-state index contributed by atoms with van der Waals surface area (Å²) in [5, 5.41) is 8.10. The van der Waals surface area contributed by atoms with Crippen molar-refractivity contribution in [1.82, 2.24) is 0 Å². The van der Waals surface area contributed by atoms with Crippen LogP contribution in [0.1, 0.15) is 0 Å². The van der Waals surface area contributed by atoms with Gasteiger partial charge in [0.25, 0.3) is 0 Å². The number of hydrogen-bond acceptors (Lipinski definition) is 2. The third kappa shape index (κ3) is 7.25. The van der Waals surface area contributed by atoms with E-state index < -0.39 is 14.0 Å². The Labute approximate surface area is 73.9 Å². The Morgan fingerprint density at radius 3 is 2.58 bits per heavy atom. The highest BCUT2D eigenvalue weighted by Gasteiger charge is 2.12. The van der Waals surface area contributed by atoms with Gasteiger partial charge in [-0.3, -0.25) is 5.87 Å². The maximum absolute atomic E-state index is 10.6. The summed E-state index contributed by atoms with van der Waals surface area (Å²) in [6.07, 6.45) is 0.879. The molecule has 0 N–H and O–H groups in total. The van der Waals surface area contributed by atoms with Gasteiger partial charge in [0, 0.05) is 14.1 Å². The Bertz CT molecular complexity index is 202. The van der Waals surface area contributed by atoms with Crippen LogP contribution in [-0.4, -0.2) is 26.5 Å². The summed E-state index contributed by atoms with van der Waals surface area (Å²) in [4.78, 5) is 10.6. The highest BCUT2D eigenvalue weighted by atomic mass is 28.3. The molecule has 3 nitrogen and oxygen atoms in total. The smallest absolute Gasteiger partial charge is 0.336 e. The van der Waals surface area contributed by atoms with Crippen LogP contribution in [0, 0.1) is 0 Å². The topological polar surface area (TPSA) is 48.6 Å². The summed E-state index contributed by atoms with van der Waals surface area (Å²) in [5.41, 5.74) is 0. The minimum atomic E-state index is -1.12. The normalized spacial score (nSPS) is 10.2. The van der Waals surface area contributed by atoms with E-state index in [0.29, 0.717) is 6.61 Å². The SMILES string of the molecule is C[Si](C)(C)CCOC(=O)C=C=[N-]. The maximum atomic E-state index is 10.6. The number of carbonyl (C=O) groups excluding carboxylic acids is 1. The number of nitrogens with zero attached hydrogens (tertiary/aromatic N) is 1. The molecule has 0 saturated carbocycles. The van der Waals surface area contributed by atoms with E-state index in [2.05, 4.69) is 19.6 Å². The molecule has 0 amide bonds. The van der Waals surface area contributed by atoms with E-state index >= 15 is 0 Å². The molecule has 0 aliphatic rings. The monoisotopic (exact) mass is 184 g/mol. The standard InChI is InChI=1S/C8H14NO2Si/c1-12(2,3)7-6-11-8(10)4-5-9/h4H,6-7H2,1-3H3/q-1. The number of esters is 1. The van der Waals surface area contributed by atoms with E-state index in [1.165, 1.54) is 0 Å². The van der Waals surface area contributed by atoms with Gasteiger partial charge in [-0.15, -0.1) is 0 Å². The summed E-state index contributed by atoms with van der Waals surface area (Å²) < 4.78 is 4.78. The van der Waals surface area contributed by atoms with Crippen LogP contribution in [0.25, 0.3) is 5.41 Å². The molecule has 68 valence electrons. The van der Waals surface area contributed by atoms with E-state index in [-0.39, 0.29) is 0 Å². The third-order valence-electron chi connectivity index (χ3n) is 1.28. The van der Waals surface area contributed by atoms with Crippen LogP contribution >= 0.6 is 0 Å². The fourth-order valence-corrected chi connectivity index (χ4v) is 1.27. The molecular formula is C8H14NO2Si-. The molecule has 0 unspecified atom stereocenters. The van der Waals surface area contributed by atoms with Crippen LogP contribution in [0.15, 0.2) is 6.08 Å². The van der Waals surface area contributed by atoms with Crippen LogP contribution < -0.4 is 0 Å². The van der Waals surface area contributed by atoms with Crippen LogP contribution in [-0.2, 0) is 9.53 Å². The van der Waals surface area contributed by atoms with Crippen molar-refractivity contribution in [3.05, 3.63) is 11.5 Å². The first-order valence-electron chi connectivity index (χ1n) is 3.85. The predicted molar refractivity (Wildman–Crippen MR) is 52.0 cm³/mol. The Kier molecular flexibility index (Phi) is 4.55. The Hall–Kier alpha value is -0.863. The average molecular weight is 184 g/mol. The first kappa shape index (κ1) is 11.1. The van der Waals surface area contributed by atoms with Gasteiger partial charge in [-0.1, -0.05) is 19.6 Å². The van der Waals surface area contributed by atoms with Gasteiger partial charge in [-0.25, -0.2) is 4.79 Å². The van der Waals surface area contributed by atoms with Gasteiger partial charge in [-0.05, 0) is 6.04 Å². The Morgan fingerprint density at radius 2 is 2.17 bits per heavy atom. The quantitative estimate of drug-likeness (QED) is 0.289. The van der Waals surface area contributed by atoms with Gasteiger partial charge in [0.15, 0.2) is 0 Å². The molecule has 4 heteroatoms. The first-order chi connectivity index (χ1) is 5.45. The summed E-state index contributed by atoms with van der Waals surface area (Å²) in [6, 6.07) is 0.942.